The van der Waals surface area contributed by atoms with Gasteiger partial charge >= 0.3 is 0 Å². The molecule has 2 N–H and O–H groups in total. The SMILES string of the molecule is CS(=O)(=O)CCCOc1cccc2c1ccn2-c1ccnc(N[C@H]2CC[C@H](C(=O)N3CCCC(O)C3)CC2)n1. The average molecular weight is 556 g/mol. The smallest absolute Gasteiger partial charge is 0.225 e. The molecule has 1 amide bonds. The molecule has 1 unspecified atom stereocenters. The normalized spacial score (nSPS) is 22.1. The summed E-state index contributed by atoms with van der Waals surface area (Å²) >= 11 is 0. The van der Waals surface area contributed by atoms with Crippen LogP contribution in [0, 0.1) is 5.92 Å². The van der Waals surface area contributed by atoms with E-state index in [0.29, 0.717) is 31.3 Å². The highest BCUT2D eigenvalue weighted by atomic mass is 32.2. The van der Waals surface area contributed by atoms with Gasteiger partial charge < -0.3 is 24.6 Å². The summed E-state index contributed by atoms with van der Waals surface area (Å²) in [6.07, 6.45) is 9.97. The van der Waals surface area contributed by atoms with Gasteiger partial charge in [-0.1, -0.05) is 6.07 Å². The zero-order chi connectivity index (χ0) is 27.4. The molecular weight excluding hydrogens is 518 g/mol. The van der Waals surface area contributed by atoms with Crippen molar-refractivity contribution in [2.45, 2.75) is 57.1 Å². The molecule has 2 aromatic heterocycles. The van der Waals surface area contributed by atoms with E-state index in [4.69, 9.17) is 9.72 Å². The van der Waals surface area contributed by atoms with Gasteiger partial charge in [0.15, 0.2) is 0 Å². The zero-order valence-corrected chi connectivity index (χ0v) is 23.1. The first-order valence-corrected chi connectivity index (χ1v) is 15.8. The Kier molecular flexibility index (Phi) is 8.37. The van der Waals surface area contributed by atoms with E-state index >= 15 is 0 Å². The monoisotopic (exact) mass is 555 g/mol. The number of fused-ring (bicyclic) bond motifs is 1. The molecule has 1 atom stereocenters. The molecule has 0 bridgehead atoms. The van der Waals surface area contributed by atoms with Gasteiger partial charge in [0.05, 0.1) is 24.0 Å². The van der Waals surface area contributed by atoms with Crippen LogP contribution < -0.4 is 10.1 Å². The summed E-state index contributed by atoms with van der Waals surface area (Å²) in [5.41, 5.74) is 0.933. The lowest BCUT2D eigenvalue weighted by molar-refractivity contribution is -0.139. The number of amides is 1. The van der Waals surface area contributed by atoms with Crippen molar-refractivity contribution in [3.05, 3.63) is 42.7 Å². The van der Waals surface area contributed by atoms with Crippen molar-refractivity contribution in [2.24, 2.45) is 5.92 Å². The Bertz CT molecular complexity index is 1400. The van der Waals surface area contributed by atoms with E-state index < -0.39 is 15.9 Å². The summed E-state index contributed by atoms with van der Waals surface area (Å²) in [4.78, 5) is 23.9. The largest absolute Gasteiger partial charge is 0.493 e. The van der Waals surface area contributed by atoms with Crippen LogP contribution in [0.4, 0.5) is 5.95 Å². The lowest BCUT2D eigenvalue weighted by atomic mass is 9.85. The van der Waals surface area contributed by atoms with Crippen LogP contribution in [0.15, 0.2) is 42.7 Å². The minimum Gasteiger partial charge on any atom is -0.493 e. The van der Waals surface area contributed by atoms with Crippen LogP contribution in [0.1, 0.15) is 44.9 Å². The molecule has 3 heterocycles. The summed E-state index contributed by atoms with van der Waals surface area (Å²) in [7, 11) is -3.01. The maximum Gasteiger partial charge on any atom is 0.225 e. The maximum atomic E-state index is 12.9. The Hall–Kier alpha value is -3.18. The number of rotatable bonds is 9. The zero-order valence-electron chi connectivity index (χ0n) is 22.3. The number of nitrogens with one attached hydrogen (secondary N) is 1. The van der Waals surface area contributed by atoms with Gasteiger partial charge in [-0.3, -0.25) is 4.79 Å². The van der Waals surface area contributed by atoms with Crippen LogP contribution >= 0.6 is 0 Å². The number of hydrogen-bond acceptors (Lipinski definition) is 8. The van der Waals surface area contributed by atoms with Crippen molar-refractivity contribution in [2.75, 3.05) is 37.0 Å². The van der Waals surface area contributed by atoms with Gasteiger partial charge in [0.2, 0.25) is 11.9 Å². The Morgan fingerprint density at radius 3 is 2.74 bits per heavy atom. The number of carbonyl (C=O) groups is 1. The van der Waals surface area contributed by atoms with E-state index in [9.17, 15) is 18.3 Å². The Morgan fingerprint density at radius 1 is 1.15 bits per heavy atom. The number of hydrogen-bond donors (Lipinski definition) is 2. The third-order valence-corrected chi connectivity index (χ3v) is 8.65. The predicted molar refractivity (Wildman–Crippen MR) is 150 cm³/mol. The number of piperidine rings is 1. The van der Waals surface area contributed by atoms with E-state index in [1.54, 1.807) is 6.20 Å². The number of benzene rings is 1. The van der Waals surface area contributed by atoms with Crippen LogP contribution in [0.25, 0.3) is 16.7 Å². The van der Waals surface area contributed by atoms with Crippen molar-refractivity contribution >= 4 is 32.6 Å². The highest BCUT2D eigenvalue weighted by Crippen LogP contribution is 2.30. The fraction of sp³-hybridized carbons (Fsp3) is 0.536. The molecule has 2 aliphatic rings. The fourth-order valence-corrected chi connectivity index (χ4v) is 6.24. The highest BCUT2D eigenvalue weighted by molar-refractivity contribution is 7.90. The summed E-state index contributed by atoms with van der Waals surface area (Å²) in [5.74, 6) is 2.29. The first kappa shape index (κ1) is 27.4. The summed E-state index contributed by atoms with van der Waals surface area (Å²) in [6, 6.07) is 9.81. The predicted octanol–water partition coefficient (Wildman–Crippen LogP) is 3.19. The minimum absolute atomic E-state index is 0.0228. The van der Waals surface area contributed by atoms with Crippen LogP contribution in [-0.2, 0) is 14.6 Å². The number of aromatic nitrogens is 3. The van der Waals surface area contributed by atoms with Gasteiger partial charge in [0, 0.05) is 49.1 Å². The summed E-state index contributed by atoms with van der Waals surface area (Å²) < 4.78 is 30.6. The summed E-state index contributed by atoms with van der Waals surface area (Å²) in [6.45, 7) is 1.54. The standard InChI is InChI=1S/C28H37N5O5S/c1-39(36,37)18-4-17-38-25-7-2-6-24-23(25)13-16-33(24)26-12-14-29-28(31-26)30-21-10-8-20(9-11-21)27(35)32-15-3-5-22(34)19-32/h2,6-7,12-14,16,20-22,34H,3-5,8-11,15,17-19H2,1H3,(H,29,30,31)/t20-,21-,22?. The average Bonchev–Trinajstić information content (AvgIpc) is 3.36. The first-order chi connectivity index (χ1) is 18.8. The Labute approximate surface area is 229 Å². The van der Waals surface area contributed by atoms with E-state index in [1.165, 1.54) is 6.26 Å². The second kappa shape index (κ2) is 11.9. The van der Waals surface area contributed by atoms with E-state index in [2.05, 4.69) is 10.3 Å². The van der Waals surface area contributed by atoms with Gasteiger partial charge in [-0.25, -0.2) is 13.4 Å². The molecule has 0 spiro atoms. The number of ether oxygens (including phenoxy) is 1. The van der Waals surface area contributed by atoms with E-state index in [-0.39, 0.29) is 23.6 Å². The molecule has 5 rings (SSSR count). The lowest BCUT2D eigenvalue weighted by Gasteiger charge is -2.35. The van der Waals surface area contributed by atoms with Crippen molar-refractivity contribution < 1.29 is 23.1 Å². The van der Waals surface area contributed by atoms with Crippen molar-refractivity contribution in [1.29, 1.82) is 0 Å². The molecule has 1 saturated carbocycles. The van der Waals surface area contributed by atoms with Crippen molar-refractivity contribution in [3.8, 4) is 11.6 Å². The van der Waals surface area contributed by atoms with Crippen LogP contribution in [0.3, 0.4) is 0 Å². The lowest BCUT2D eigenvalue weighted by Crippen LogP contribution is -2.46. The molecule has 1 aliphatic carbocycles. The number of nitrogens with zero attached hydrogens (tertiary/aromatic N) is 4. The maximum absolute atomic E-state index is 12.9. The molecule has 210 valence electrons. The molecule has 1 saturated heterocycles. The number of carbonyl (C=O) groups excluding carboxylic acids is 1. The van der Waals surface area contributed by atoms with Crippen LogP contribution in [0.5, 0.6) is 5.75 Å². The molecular formula is C28H37N5O5S. The molecule has 1 aliphatic heterocycles. The van der Waals surface area contributed by atoms with E-state index in [0.717, 1.165) is 61.8 Å². The van der Waals surface area contributed by atoms with Gasteiger partial charge in [-0.15, -0.1) is 0 Å². The van der Waals surface area contributed by atoms with Gasteiger partial charge in [-0.2, -0.15) is 4.98 Å². The van der Waals surface area contributed by atoms with Crippen LogP contribution in [-0.4, -0.2) is 82.7 Å². The topological polar surface area (TPSA) is 127 Å². The third-order valence-electron chi connectivity index (χ3n) is 7.62. The number of likely N-dealkylation sites (tertiary alicyclic amines) is 1. The fourth-order valence-electron chi connectivity index (χ4n) is 5.60. The molecule has 11 heteroatoms. The Morgan fingerprint density at radius 2 is 1.97 bits per heavy atom. The first-order valence-electron chi connectivity index (χ1n) is 13.7. The Balaban J connectivity index is 1.20. The van der Waals surface area contributed by atoms with E-state index in [1.807, 2.05) is 46.0 Å². The van der Waals surface area contributed by atoms with Gasteiger partial charge in [0.25, 0.3) is 0 Å². The molecule has 10 nitrogen and oxygen atoms in total. The molecule has 0 radical (unpaired) electrons. The number of aliphatic hydroxyl groups excluding tert-OH is 1. The number of anilines is 1. The number of aliphatic hydroxyl groups is 1. The molecule has 1 aromatic carbocycles. The van der Waals surface area contributed by atoms with Gasteiger partial charge in [0.1, 0.15) is 21.4 Å². The van der Waals surface area contributed by atoms with Crippen molar-refractivity contribution in [1.82, 2.24) is 19.4 Å². The second-order valence-electron chi connectivity index (χ2n) is 10.7. The molecule has 3 aromatic rings. The number of β-amino-alcohol motifs (C(OH)–C–C–N with tert-alkyl or cyclic N) is 1. The second-order valence-corrected chi connectivity index (χ2v) is 13.0. The van der Waals surface area contributed by atoms with Crippen molar-refractivity contribution in [3.63, 3.8) is 0 Å². The third kappa shape index (κ3) is 6.88. The quantitative estimate of drug-likeness (QED) is 0.386. The molecule has 2 fully saturated rings. The minimum atomic E-state index is -3.01. The van der Waals surface area contributed by atoms with Crippen LogP contribution in [0.2, 0.25) is 0 Å². The highest BCUT2D eigenvalue weighted by Gasteiger charge is 2.31. The van der Waals surface area contributed by atoms with Gasteiger partial charge in [-0.05, 0) is 69.2 Å². The summed E-state index contributed by atoms with van der Waals surface area (Å²) in [5, 5.41) is 14.3. The molecule has 39 heavy (non-hydrogen) atoms. The number of sulfone groups is 1.